The van der Waals surface area contributed by atoms with E-state index in [1.807, 2.05) is 37.3 Å². The molecule has 0 radical (unpaired) electrons. The van der Waals surface area contributed by atoms with Crippen molar-refractivity contribution in [1.82, 2.24) is 20.1 Å². The van der Waals surface area contributed by atoms with E-state index in [1.54, 1.807) is 18.2 Å². The molecule has 1 N–H and O–H groups in total. The lowest BCUT2D eigenvalue weighted by atomic mass is 10.1. The fourth-order valence-electron chi connectivity index (χ4n) is 3.00. The Morgan fingerprint density at radius 1 is 1.03 bits per heavy atom. The summed E-state index contributed by atoms with van der Waals surface area (Å²) in [5.41, 5.74) is 2.64. The van der Waals surface area contributed by atoms with Crippen LogP contribution >= 0.6 is 11.3 Å². The first-order valence-corrected chi connectivity index (χ1v) is 10.4. The lowest BCUT2D eigenvalue weighted by Crippen LogP contribution is -2.33. The van der Waals surface area contributed by atoms with Gasteiger partial charge in [-0.1, -0.05) is 30.3 Å². The Labute approximate surface area is 182 Å². The number of benzene rings is 2. The van der Waals surface area contributed by atoms with Gasteiger partial charge >= 0.3 is 0 Å². The molecule has 0 spiro atoms. The average molecular weight is 434 g/mol. The number of aryl methyl sites for hydroxylation is 1. The van der Waals surface area contributed by atoms with E-state index in [0.29, 0.717) is 17.8 Å². The lowest BCUT2D eigenvalue weighted by Gasteiger charge is -2.08. The Balaban J connectivity index is 1.44. The van der Waals surface area contributed by atoms with Crippen molar-refractivity contribution >= 4 is 17.2 Å². The Kier molecular flexibility index (Phi) is 5.99. The summed E-state index contributed by atoms with van der Waals surface area (Å²) in [5, 5.41) is 7.96. The zero-order chi connectivity index (χ0) is 21.8. The van der Waals surface area contributed by atoms with Crippen LogP contribution in [0.15, 0.2) is 71.5 Å². The second kappa shape index (κ2) is 9.01. The van der Waals surface area contributed by atoms with E-state index in [0.717, 1.165) is 25.8 Å². The predicted molar refractivity (Wildman–Crippen MR) is 118 cm³/mol. The van der Waals surface area contributed by atoms with Crippen molar-refractivity contribution in [3.63, 3.8) is 0 Å². The molecule has 0 aliphatic carbocycles. The molecule has 8 heteroatoms. The number of amides is 1. The highest BCUT2D eigenvalue weighted by Crippen LogP contribution is 2.27. The van der Waals surface area contributed by atoms with Gasteiger partial charge in [0, 0.05) is 22.1 Å². The summed E-state index contributed by atoms with van der Waals surface area (Å²) in [6, 6.07) is 18.5. The highest BCUT2D eigenvalue weighted by atomic mass is 32.1. The fourth-order valence-corrected chi connectivity index (χ4v) is 4.01. The van der Waals surface area contributed by atoms with Gasteiger partial charge in [0.15, 0.2) is 0 Å². The summed E-state index contributed by atoms with van der Waals surface area (Å²) in [6.45, 7) is 2.02. The maximum absolute atomic E-state index is 13.1. The van der Waals surface area contributed by atoms with Crippen molar-refractivity contribution in [2.75, 3.05) is 0 Å². The Morgan fingerprint density at radius 3 is 2.52 bits per heavy atom. The van der Waals surface area contributed by atoms with Crippen molar-refractivity contribution in [3.05, 3.63) is 93.5 Å². The smallest absolute Gasteiger partial charge is 0.267 e. The van der Waals surface area contributed by atoms with E-state index in [4.69, 9.17) is 0 Å². The summed E-state index contributed by atoms with van der Waals surface area (Å²) < 4.78 is 14.2. The maximum atomic E-state index is 13.1. The highest BCUT2D eigenvalue weighted by molar-refractivity contribution is 7.15. The highest BCUT2D eigenvalue weighted by Gasteiger charge is 2.12. The molecule has 0 saturated heterocycles. The first-order chi connectivity index (χ1) is 15.0. The van der Waals surface area contributed by atoms with Crippen molar-refractivity contribution in [1.29, 1.82) is 0 Å². The van der Waals surface area contributed by atoms with Crippen LogP contribution in [0.4, 0.5) is 4.39 Å². The Morgan fingerprint density at radius 2 is 1.77 bits per heavy atom. The summed E-state index contributed by atoms with van der Waals surface area (Å²) >= 11 is 1.52. The molecule has 1 amide bonds. The van der Waals surface area contributed by atoms with E-state index in [1.165, 1.54) is 29.5 Å². The normalized spacial score (nSPS) is 10.8. The van der Waals surface area contributed by atoms with Crippen LogP contribution in [0, 0.1) is 12.7 Å². The topological polar surface area (TPSA) is 76.9 Å². The van der Waals surface area contributed by atoms with Crippen molar-refractivity contribution in [2.24, 2.45) is 0 Å². The van der Waals surface area contributed by atoms with E-state index in [9.17, 15) is 14.0 Å². The molecule has 2 heterocycles. The van der Waals surface area contributed by atoms with Crippen LogP contribution < -0.4 is 10.9 Å². The van der Waals surface area contributed by atoms with Crippen molar-refractivity contribution < 1.29 is 9.18 Å². The maximum Gasteiger partial charge on any atom is 0.267 e. The molecule has 0 unspecified atom stereocenters. The van der Waals surface area contributed by atoms with E-state index in [-0.39, 0.29) is 23.8 Å². The quantitative estimate of drug-likeness (QED) is 0.501. The molecule has 0 aliphatic heterocycles. The number of halogens is 1. The molecule has 0 atom stereocenters. The number of hydrogen-bond acceptors (Lipinski definition) is 5. The first kappa shape index (κ1) is 20.6. The zero-order valence-electron chi connectivity index (χ0n) is 16.7. The van der Waals surface area contributed by atoms with Gasteiger partial charge in [-0.3, -0.25) is 9.59 Å². The third-order valence-corrected chi connectivity index (χ3v) is 5.87. The third kappa shape index (κ3) is 4.92. The molecule has 4 aromatic rings. The molecule has 6 nitrogen and oxygen atoms in total. The molecule has 0 fully saturated rings. The molecule has 0 aliphatic rings. The largest absolute Gasteiger partial charge is 0.350 e. The average Bonchev–Trinajstić information content (AvgIpc) is 3.16. The third-order valence-electron chi connectivity index (χ3n) is 4.66. The van der Waals surface area contributed by atoms with Crippen LogP contribution in [0.25, 0.3) is 21.8 Å². The molecular formula is C23H19FN4O2S. The Bertz CT molecular complexity index is 1270. The van der Waals surface area contributed by atoms with Gasteiger partial charge in [0.1, 0.15) is 17.4 Å². The van der Waals surface area contributed by atoms with Gasteiger partial charge in [-0.2, -0.15) is 5.10 Å². The first-order valence-electron chi connectivity index (χ1n) is 9.62. The number of carbonyl (C=O) groups is 1. The number of aromatic nitrogens is 3. The van der Waals surface area contributed by atoms with Gasteiger partial charge in [0.05, 0.1) is 17.9 Å². The van der Waals surface area contributed by atoms with Gasteiger partial charge in [-0.05, 0) is 37.3 Å². The SMILES string of the molecule is Cc1nc(-c2ccccc2)sc1CNC(=O)Cn1nc(-c2ccc(F)cc2)ccc1=O. The second-order valence-electron chi connectivity index (χ2n) is 6.89. The number of nitrogens with zero attached hydrogens (tertiary/aromatic N) is 3. The molecular weight excluding hydrogens is 415 g/mol. The summed E-state index contributed by atoms with van der Waals surface area (Å²) in [6.07, 6.45) is 0. The minimum Gasteiger partial charge on any atom is -0.350 e. The van der Waals surface area contributed by atoms with Crippen LogP contribution in [-0.4, -0.2) is 20.7 Å². The van der Waals surface area contributed by atoms with Crippen LogP contribution in [0.2, 0.25) is 0 Å². The molecule has 4 rings (SSSR count). The van der Waals surface area contributed by atoms with Crippen LogP contribution in [-0.2, 0) is 17.9 Å². The van der Waals surface area contributed by atoms with Crippen molar-refractivity contribution in [2.45, 2.75) is 20.0 Å². The minimum absolute atomic E-state index is 0.211. The number of rotatable bonds is 6. The van der Waals surface area contributed by atoms with Gasteiger partial charge in [-0.15, -0.1) is 11.3 Å². The van der Waals surface area contributed by atoms with Gasteiger partial charge in [0.25, 0.3) is 5.56 Å². The predicted octanol–water partition coefficient (Wildman–Crippen LogP) is 3.80. The van der Waals surface area contributed by atoms with Crippen LogP contribution in [0.1, 0.15) is 10.6 Å². The number of nitrogens with one attached hydrogen (secondary N) is 1. The van der Waals surface area contributed by atoms with Crippen LogP contribution in [0.5, 0.6) is 0 Å². The van der Waals surface area contributed by atoms with E-state index >= 15 is 0 Å². The van der Waals surface area contributed by atoms with E-state index < -0.39 is 0 Å². The molecule has 0 bridgehead atoms. The summed E-state index contributed by atoms with van der Waals surface area (Å²) in [7, 11) is 0. The van der Waals surface area contributed by atoms with Gasteiger partial charge in [0.2, 0.25) is 5.91 Å². The Hall–Kier alpha value is -3.65. The van der Waals surface area contributed by atoms with Crippen molar-refractivity contribution in [3.8, 4) is 21.8 Å². The summed E-state index contributed by atoms with van der Waals surface area (Å²) in [5.74, 6) is -0.690. The summed E-state index contributed by atoms with van der Waals surface area (Å²) in [4.78, 5) is 30.1. The molecule has 2 aromatic carbocycles. The standard InChI is InChI=1S/C23H19FN4O2S/c1-15-20(31-23(26-15)17-5-3-2-4-6-17)13-25-21(29)14-28-22(30)12-11-19(27-28)16-7-9-18(24)10-8-16/h2-12H,13-14H2,1H3,(H,25,29). The fraction of sp³-hybridized carbons (Fsp3) is 0.130. The second-order valence-corrected chi connectivity index (χ2v) is 7.98. The lowest BCUT2D eigenvalue weighted by molar-refractivity contribution is -0.122. The van der Waals surface area contributed by atoms with Gasteiger partial charge in [-0.25, -0.2) is 14.1 Å². The van der Waals surface area contributed by atoms with Crippen LogP contribution in [0.3, 0.4) is 0 Å². The molecule has 31 heavy (non-hydrogen) atoms. The van der Waals surface area contributed by atoms with Gasteiger partial charge < -0.3 is 5.32 Å². The molecule has 0 saturated carbocycles. The van der Waals surface area contributed by atoms with E-state index in [2.05, 4.69) is 15.4 Å². The molecule has 2 aromatic heterocycles. The zero-order valence-corrected chi connectivity index (χ0v) is 17.5. The molecule has 156 valence electrons. The number of thiazole rings is 1. The monoisotopic (exact) mass is 434 g/mol. The number of hydrogen-bond donors (Lipinski definition) is 1. The number of carbonyl (C=O) groups excluding carboxylic acids is 1. The minimum atomic E-state index is -0.388.